The van der Waals surface area contributed by atoms with Crippen LogP contribution < -0.4 is 9.38 Å². The lowest BCUT2D eigenvalue weighted by Gasteiger charge is -2.08. The highest BCUT2D eigenvalue weighted by atomic mass is 32.2. The molecule has 0 aromatic heterocycles. The van der Waals surface area contributed by atoms with Crippen LogP contribution in [0.4, 0.5) is 5.69 Å². The van der Waals surface area contributed by atoms with Gasteiger partial charge in [-0.25, -0.2) is 8.42 Å². The molecule has 1 aliphatic rings. The first-order chi connectivity index (χ1) is 7.97. The van der Waals surface area contributed by atoms with Gasteiger partial charge in [-0.2, -0.15) is 0 Å². The summed E-state index contributed by atoms with van der Waals surface area (Å²) in [5.74, 6) is 0.245. The van der Waals surface area contributed by atoms with Crippen molar-refractivity contribution >= 4 is 23.0 Å². The summed E-state index contributed by atoms with van der Waals surface area (Å²) in [5, 5.41) is 16.8. The van der Waals surface area contributed by atoms with Crippen molar-refractivity contribution in [3.05, 3.63) is 24.3 Å². The Bertz CT molecular complexity index is 483. The Morgan fingerprint density at radius 3 is 2.29 bits per heavy atom. The molecule has 0 saturated heterocycles. The summed E-state index contributed by atoms with van der Waals surface area (Å²) in [4.78, 5) is 0. The molecule has 0 spiro atoms. The van der Waals surface area contributed by atoms with Crippen molar-refractivity contribution in [3.63, 3.8) is 0 Å². The highest BCUT2D eigenvalue weighted by Gasteiger charge is 2.35. The molecule has 0 amide bonds. The number of sulfonamides is 1. The lowest BCUT2D eigenvalue weighted by molar-refractivity contribution is 0.288. The van der Waals surface area contributed by atoms with E-state index in [1.165, 1.54) is 24.3 Å². The van der Waals surface area contributed by atoms with Gasteiger partial charge >= 0.3 is 7.32 Å². The summed E-state index contributed by atoms with van der Waals surface area (Å²) >= 11 is 0. The second-order valence-corrected chi connectivity index (χ2v) is 5.78. The Kier molecular flexibility index (Phi) is 3.27. The molecule has 0 aliphatic heterocycles. The van der Waals surface area contributed by atoms with Crippen molar-refractivity contribution < 1.29 is 23.1 Å². The fourth-order valence-electron chi connectivity index (χ4n) is 1.35. The Balaban J connectivity index is 2.03. The maximum Gasteiger partial charge on any atom is 0.707 e. The van der Waals surface area contributed by atoms with Crippen LogP contribution in [-0.4, -0.2) is 31.0 Å². The molecule has 1 saturated carbocycles. The van der Waals surface area contributed by atoms with Gasteiger partial charge in [-0.05, 0) is 37.1 Å². The molecule has 1 aromatic carbocycles. The van der Waals surface area contributed by atoms with Crippen LogP contribution in [0.25, 0.3) is 0 Å². The molecular weight excluding hydrogens is 245 g/mol. The molecule has 0 bridgehead atoms. The predicted molar refractivity (Wildman–Crippen MR) is 62.8 cm³/mol. The van der Waals surface area contributed by atoms with E-state index in [0.29, 0.717) is 18.5 Å². The summed E-state index contributed by atoms with van der Waals surface area (Å²) in [6.45, 7) is 0. The predicted octanol–water partition coefficient (Wildman–Crippen LogP) is -0.0610. The molecule has 17 heavy (non-hydrogen) atoms. The van der Waals surface area contributed by atoms with Gasteiger partial charge in [0.05, 0.1) is 5.25 Å². The van der Waals surface area contributed by atoms with Gasteiger partial charge in [0, 0.05) is 5.69 Å². The molecular formula is C9H12BNO5S. The normalized spacial score (nSPS) is 15.4. The first-order valence-electron chi connectivity index (χ1n) is 5.12. The van der Waals surface area contributed by atoms with E-state index in [1.54, 1.807) is 0 Å². The van der Waals surface area contributed by atoms with Crippen molar-refractivity contribution in [2.45, 2.75) is 18.1 Å². The van der Waals surface area contributed by atoms with Crippen LogP contribution in [0.3, 0.4) is 0 Å². The van der Waals surface area contributed by atoms with E-state index in [-0.39, 0.29) is 11.0 Å². The number of hydrogen-bond acceptors (Lipinski definition) is 5. The zero-order valence-corrected chi connectivity index (χ0v) is 9.72. The Hall–Kier alpha value is -1.25. The van der Waals surface area contributed by atoms with Gasteiger partial charge in [0.1, 0.15) is 5.75 Å². The number of anilines is 1. The second-order valence-electron chi connectivity index (χ2n) is 3.81. The smallest absolute Gasteiger partial charge is 0.512 e. The van der Waals surface area contributed by atoms with Crippen molar-refractivity contribution in [2.75, 3.05) is 4.72 Å². The molecule has 1 aromatic rings. The van der Waals surface area contributed by atoms with Crippen LogP contribution in [0.5, 0.6) is 5.75 Å². The lowest BCUT2D eigenvalue weighted by atomic mass is 10.2. The van der Waals surface area contributed by atoms with E-state index in [9.17, 15) is 8.42 Å². The van der Waals surface area contributed by atoms with Gasteiger partial charge in [0.25, 0.3) is 0 Å². The molecule has 0 unspecified atom stereocenters. The minimum absolute atomic E-state index is 0.245. The molecule has 1 fully saturated rings. The van der Waals surface area contributed by atoms with Gasteiger partial charge in [-0.1, -0.05) is 0 Å². The molecule has 0 radical (unpaired) electrons. The molecule has 1 aliphatic carbocycles. The fourth-order valence-corrected chi connectivity index (χ4v) is 2.74. The molecule has 92 valence electrons. The van der Waals surface area contributed by atoms with E-state index in [2.05, 4.69) is 9.38 Å². The number of nitrogens with one attached hydrogen (secondary N) is 1. The molecule has 3 N–H and O–H groups in total. The summed E-state index contributed by atoms with van der Waals surface area (Å²) < 4.78 is 30.3. The zero-order valence-electron chi connectivity index (χ0n) is 8.91. The second kappa shape index (κ2) is 4.56. The van der Waals surface area contributed by atoms with Crippen molar-refractivity contribution in [1.29, 1.82) is 0 Å². The standard InChI is InChI=1S/C9H12BNO5S/c12-10(13)16-8-3-1-7(2-4-8)11-17(14,15)9-5-6-9/h1-4,9,11-13H,5-6H2. The quantitative estimate of drug-likeness (QED) is 0.642. The summed E-state index contributed by atoms with van der Waals surface area (Å²) in [7, 11) is -5.15. The van der Waals surface area contributed by atoms with Crippen LogP contribution in [0.2, 0.25) is 0 Å². The highest BCUT2D eigenvalue weighted by molar-refractivity contribution is 7.93. The lowest BCUT2D eigenvalue weighted by Crippen LogP contribution is -2.20. The first-order valence-corrected chi connectivity index (χ1v) is 6.66. The van der Waals surface area contributed by atoms with Crippen LogP contribution in [0, 0.1) is 0 Å². The van der Waals surface area contributed by atoms with Gasteiger partial charge in [-0.15, -0.1) is 0 Å². The van der Waals surface area contributed by atoms with Gasteiger partial charge in [0.15, 0.2) is 0 Å². The molecule has 2 rings (SSSR count). The monoisotopic (exact) mass is 257 g/mol. The SMILES string of the molecule is O=S(=O)(Nc1ccc(OB(O)O)cc1)C1CC1. The van der Waals surface area contributed by atoms with E-state index in [4.69, 9.17) is 10.0 Å². The molecule has 0 atom stereocenters. The largest absolute Gasteiger partial charge is 0.707 e. The van der Waals surface area contributed by atoms with Crippen LogP contribution in [0.15, 0.2) is 24.3 Å². The molecule has 8 heteroatoms. The zero-order chi connectivity index (χ0) is 12.5. The van der Waals surface area contributed by atoms with E-state index in [1.807, 2.05) is 0 Å². The number of hydrogen-bond donors (Lipinski definition) is 3. The third-order valence-corrected chi connectivity index (χ3v) is 4.19. The Labute approximate surface area is 99.5 Å². The number of rotatable bonds is 5. The fraction of sp³-hybridized carbons (Fsp3) is 0.333. The minimum atomic E-state index is -3.27. The number of benzene rings is 1. The van der Waals surface area contributed by atoms with Crippen LogP contribution >= 0.6 is 0 Å². The summed E-state index contributed by atoms with van der Waals surface area (Å²) in [5.41, 5.74) is 0.427. The van der Waals surface area contributed by atoms with E-state index < -0.39 is 17.3 Å². The minimum Gasteiger partial charge on any atom is -0.512 e. The Morgan fingerprint density at radius 1 is 1.24 bits per heavy atom. The average molecular weight is 257 g/mol. The average Bonchev–Trinajstić information content (AvgIpc) is 3.03. The summed E-state index contributed by atoms with van der Waals surface area (Å²) in [6, 6.07) is 5.89. The maximum atomic E-state index is 11.6. The Morgan fingerprint density at radius 2 is 1.82 bits per heavy atom. The third kappa shape index (κ3) is 3.35. The van der Waals surface area contributed by atoms with Gasteiger partial charge in [0.2, 0.25) is 10.0 Å². The third-order valence-electron chi connectivity index (χ3n) is 2.32. The topological polar surface area (TPSA) is 95.9 Å². The van der Waals surface area contributed by atoms with Gasteiger partial charge in [-0.3, -0.25) is 4.72 Å². The maximum absolute atomic E-state index is 11.6. The highest BCUT2D eigenvalue weighted by Crippen LogP contribution is 2.30. The van der Waals surface area contributed by atoms with Crippen molar-refractivity contribution in [1.82, 2.24) is 0 Å². The summed E-state index contributed by atoms with van der Waals surface area (Å²) in [6.07, 6.45) is 1.40. The van der Waals surface area contributed by atoms with Crippen molar-refractivity contribution in [2.24, 2.45) is 0 Å². The first kappa shape index (κ1) is 12.2. The molecule has 0 heterocycles. The van der Waals surface area contributed by atoms with Crippen LogP contribution in [0.1, 0.15) is 12.8 Å². The molecule has 6 nitrogen and oxygen atoms in total. The van der Waals surface area contributed by atoms with Crippen molar-refractivity contribution in [3.8, 4) is 5.75 Å². The van der Waals surface area contributed by atoms with Crippen LogP contribution in [-0.2, 0) is 10.0 Å². The van der Waals surface area contributed by atoms with E-state index in [0.717, 1.165) is 0 Å². The van der Waals surface area contributed by atoms with E-state index >= 15 is 0 Å². The van der Waals surface area contributed by atoms with Gasteiger partial charge < -0.3 is 14.7 Å².